The molecule has 4 rings (SSSR count). The van der Waals surface area contributed by atoms with Crippen LogP contribution in [-0.2, 0) is 16.0 Å². The average molecular weight is 587 g/mol. The summed E-state index contributed by atoms with van der Waals surface area (Å²) in [7, 11) is 1.42. The number of carbonyl (C=O) groups excluding carboxylic acids is 3. The molecular formula is C27H28BrFN4O5. The van der Waals surface area contributed by atoms with Gasteiger partial charge in [-0.2, -0.15) is 5.10 Å². The van der Waals surface area contributed by atoms with Crippen molar-refractivity contribution < 1.29 is 28.2 Å². The minimum atomic E-state index is -0.672. The third-order valence-electron chi connectivity index (χ3n) is 6.12. The number of nitrogens with one attached hydrogen (secondary N) is 1. The fourth-order valence-corrected chi connectivity index (χ4v) is 4.66. The van der Waals surface area contributed by atoms with Gasteiger partial charge in [-0.1, -0.05) is 15.9 Å². The van der Waals surface area contributed by atoms with Gasteiger partial charge < -0.3 is 19.7 Å². The Balaban J connectivity index is 1.65. The summed E-state index contributed by atoms with van der Waals surface area (Å²) in [6, 6.07) is 11.1. The summed E-state index contributed by atoms with van der Waals surface area (Å²) in [6.45, 7) is 2.09. The Labute approximate surface area is 228 Å². The minimum absolute atomic E-state index is 0.00534. The molecule has 11 heteroatoms. The monoisotopic (exact) mass is 586 g/mol. The maximum atomic E-state index is 15.0. The van der Waals surface area contributed by atoms with E-state index in [0.717, 1.165) is 22.9 Å². The second kappa shape index (κ2) is 12.2. The molecule has 0 bridgehead atoms. The number of benzene rings is 2. The summed E-state index contributed by atoms with van der Waals surface area (Å²) in [6.07, 6.45) is 2.45. The summed E-state index contributed by atoms with van der Waals surface area (Å²) in [5, 5.41) is 8.03. The van der Waals surface area contributed by atoms with Gasteiger partial charge in [0.1, 0.15) is 17.1 Å². The summed E-state index contributed by atoms with van der Waals surface area (Å²) in [5.41, 5.74) is 1.71. The second-order valence-electron chi connectivity index (χ2n) is 8.57. The number of nitrogens with zero attached hydrogens (tertiary/aromatic N) is 3. The number of hydrogen-bond acceptors (Lipinski definition) is 6. The van der Waals surface area contributed by atoms with Gasteiger partial charge in [-0.3, -0.25) is 9.59 Å². The molecule has 0 aliphatic carbocycles. The summed E-state index contributed by atoms with van der Waals surface area (Å²) >= 11 is 3.35. The lowest BCUT2D eigenvalue weighted by Gasteiger charge is -2.28. The van der Waals surface area contributed by atoms with Crippen LogP contribution in [-0.4, -0.2) is 53.2 Å². The largest absolute Gasteiger partial charge is 0.497 e. The van der Waals surface area contributed by atoms with E-state index >= 15 is 4.39 Å². The molecule has 1 N–H and O–H groups in total. The van der Waals surface area contributed by atoms with Gasteiger partial charge in [0.2, 0.25) is 5.91 Å². The highest BCUT2D eigenvalue weighted by molar-refractivity contribution is 9.09. The second-order valence-corrected chi connectivity index (χ2v) is 9.37. The zero-order valence-corrected chi connectivity index (χ0v) is 22.7. The summed E-state index contributed by atoms with van der Waals surface area (Å²) in [4.78, 5) is 40.1. The van der Waals surface area contributed by atoms with Crippen molar-refractivity contribution >= 4 is 45.1 Å². The smallest absolute Gasteiger partial charge is 0.359 e. The molecule has 1 aliphatic heterocycles. The number of halogens is 2. The standard InChI is InChI=1S/C27H28BrFN4O5/c1-3-38-27(36)24-20-13-15-32(18-9-7-17(8-10-18)30-23(34)6-4-5-14-28)26(35)25(20)33(31-24)22-12-11-19(37-2)16-21(22)29/h7-12,16H,3-6,13-15H2,1-2H3,(H,30,34). The molecular weight excluding hydrogens is 559 g/mol. The van der Waals surface area contributed by atoms with E-state index in [4.69, 9.17) is 9.47 Å². The van der Waals surface area contributed by atoms with E-state index in [0.29, 0.717) is 35.5 Å². The number of rotatable bonds is 10. The molecule has 0 atom stereocenters. The molecule has 200 valence electrons. The number of amides is 2. The Morgan fingerprint density at radius 1 is 1.16 bits per heavy atom. The van der Waals surface area contributed by atoms with Crippen LogP contribution < -0.4 is 15.0 Å². The van der Waals surface area contributed by atoms with Gasteiger partial charge >= 0.3 is 5.97 Å². The zero-order chi connectivity index (χ0) is 27.2. The predicted molar refractivity (Wildman–Crippen MR) is 144 cm³/mol. The first-order chi connectivity index (χ1) is 18.4. The molecule has 1 aliphatic rings. The van der Waals surface area contributed by atoms with Crippen LogP contribution in [0.4, 0.5) is 15.8 Å². The Hall–Kier alpha value is -3.73. The number of fused-ring (bicyclic) bond motifs is 1. The van der Waals surface area contributed by atoms with Crippen LogP contribution in [0.1, 0.15) is 52.7 Å². The van der Waals surface area contributed by atoms with Gasteiger partial charge in [0.25, 0.3) is 5.91 Å². The summed E-state index contributed by atoms with van der Waals surface area (Å²) in [5.74, 6) is -1.54. The SMILES string of the molecule is CCOC(=O)c1nn(-c2ccc(OC)cc2F)c2c1CCN(c1ccc(NC(=O)CCCCBr)cc1)C2=O. The topological polar surface area (TPSA) is 103 Å². The molecule has 0 fully saturated rings. The molecule has 0 saturated carbocycles. The molecule has 2 aromatic carbocycles. The highest BCUT2D eigenvalue weighted by Gasteiger charge is 2.36. The van der Waals surface area contributed by atoms with Crippen LogP contribution >= 0.6 is 15.9 Å². The first kappa shape index (κ1) is 27.3. The number of aromatic nitrogens is 2. The maximum Gasteiger partial charge on any atom is 0.359 e. The molecule has 0 spiro atoms. The van der Waals surface area contributed by atoms with E-state index in [1.165, 1.54) is 19.2 Å². The van der Waals surface area contributed by atoms with Crippen molar-refractivity contribution in [3.8, 4) is 11.4 Å². The molecule has 0 unspecified atom stereocenters. The lowest BCUT2D eigenvalue weighted by Crippen LogP contribution is -2.39. The van der Waals surface area contributed by atoms with Gasteiger partial charge in [0, 0.05) is 41.3 Å². The molecule has 0 radical (unpaired) electrons. The van der Waals surface area contributed by atoms with E-state index in [1.54, 1.807) is 42.2 Å². The quantitative estimate of drug-likeness (QED) is 0.206. The maximum absolute atomic E-state index is 15.0. The average Bonchev–Trinajstić information content (AvgIpc) is 3.30. The number of unbranched alkanes of at least 4 members (excludes halogenated alkanes) is 1. The molecule has 2 heterocycles. The number of ether oxygens (including phenoxy) is 2. The van der Waals surface area contributed by atoms with E-state index in [2.05, 4.69) is 26.3 Å². The van der Waals surface area contributed by atoms with E-state index < -0.39 is 17.7 Å². The van der Waals surface area contributed by atoms with Crippen LogP contribution in [0.3, 0.4) is 0 Å². The predicted octanol–water partition coefficient (Wildman–Crippen LogP) is 4.90. The Kier molecular flexibility index (Phi) is 8.77. The third kappa shape index (κ3) is 5.72. The van der Waals surface area contributed by atoms with Crippen LogP contribution in [0.5, 0.6) is 5.75 Å². The van der Waals surface area contributed by atoms with Crippen LogP contribution in [0.15, 0.2) is 42.5 Å². The van der Waals surface area contributed by atoms with Gasteiger partial charge in [-0.25, -0.2) is 13.9 Å². The number of esters is 1. The first-order valence-corrected chi connectivity index (χ1v) is 13.4. The van der Waals surface area contributed by atoms with Crippen LogP contribution in [0.25, 0.3) is 5.69 Å². The zero-order valence-electron chi connectivity index (χ0n) is 21.1. The number of carbonyl (C=O) groups is 3. The molecule has 0 saturated heterocycles. The van der Waals surface area contributed by atoms with Crippen LogP contribution in [0, 0.1) is 5.82 Å². The van der Waals surface area contributed by atoms with Gasteiger partial charge in [-0.05, 0) is 62.6 Å². The summed E-state index contributed by atoms with van der Waals surface area (Å²) < 4.78 is 26.4. The van der Waals surface area contributed by atoms with Crippen molar-refractivity contribution in [3.63, 3.8) is 0 Å². The number of hydrogen-bond donors (Lipinski definition) is 1. The lowest BCUT2D eigenvalue weighted by atomic mass is 10.0. The normalized spacial score (nSPS) is 12.7. The molecule has 9 nitrogen and oxygen atoms in total. The molecule has 3 aromatic rings. The number of methoxy groups -OCH3 is 1. The van der Waals surface area contributed by atoms with Crippen molar-refractivity contribution in [2.75, 3.05) is 35.8 Å². The van der Waals surface area contributed by atoms with Crippen molar-refractivity contribution in [1.29, 1.82) is 0 Å². The van der Waals surface area contributed by atoms with Crippen molar-refractivity contribution in [2.45, 2.75) is 32.6 Å². The van der Waals surface area contributed by atoms with Crippen molar-refractivity contribution in [3.05, 3.63) is 65.2 Å². The number of anilines is 2. The Bertz CT molecular complexity index is 1340. The fraction of sp³-hybridized carbons (Fsp3) is 0.333. The Morgan fingerprint density at radius 3 is 2.58 bits per heavy atom. The fourth-order valence-electron chi connectivity index (χ4n) is 4.26. The molecule has 1 aromatic heterocycles. The molecule has 38 heavy (non-hydrogen) atoms. The van der Waals surface area contributed by atoms with Gasteiger partial charge in [-0.15, -0.1) is 0 Å². The van der Waals surface area contributed by atoms with Gasteiger partial charge in [0.05, 0.1) is 13.7 Å². The van der Waals surface area contributed by atoms with E-state index in [1.807, 2.05) is 0 Å². The highest BCUT2D eigenvalue weighted by Crippen LogP contribution is 2.31. The van der Waals surface area contributed by atoms with Crippen molar-refractivity contribution in [2.24, 2.45) is 0 Å². The first-order valence-electron chi connectivity index (χ1n) is 12.3. The molecule has 2 amide bonds. The van der Waals surface area contributed by atoms with E-state index in [9.17, 15) is 14.4 Å². The van der Waals surface area contributed by atoms with Crippen molar-refractivity contribution in [1.82, 2.24) is 9.78 Å². The highest BCUT2D eigenvalue weighted by atomic mass is 79.9. The Morgan fingerprint density at radius 2 is 1.92 bits per heavy atom. The lowest BCUT2D eigenvalue weighted by molar-refractivity contribution is -0.116. The van der Waals surface area contributed by atoms with Crippen LogP contribution in [0.2, 0.25) is 0 Å². The minimum Gasteiger partial charge on any atom is -0.497 e. The third-order valence-corrected chi connectivity index (χ3v) is 6.68. The van der Waals surface area contributed by atoms with E-state index in [-0.39, 0.29) is 36.1 Å². The van der Waals surface area contributed by atoms with Gasteiger partial charge in [0.15, 0.2) is 11.5 Å². The number of alkyl halides is 1.